The summed E-state index contributed by atoms with van der Waals surface area (Å²) in [5, 5.41) is 7.82. The Hall–Kier alpha value is -2.34. The van der Waals surface area contributed by atoms with Gasteiger partial charge < -0.3 is 10.3 Å². The Balaban J connectivity index is 1.87. The minimum Gasteiger partial charge on any atom is -0.336 e. The van der Waals surface area contributed by atoms with E-state index in [0.29, 0.717) is 20.3 Å². The highest BCUT2D eigenvalue weighted by Gasteiger charge is 2.21. The third-order valence-electron chi connectivity index (χ3n) is 3.69. The molecule has 27 heavy (non-hydrogen) atoms. The zero-order chi connectivity index (χ0) is 19.8. The Morgan fingerprint density at radius 2 is 1.93 bits per heavy atom. The fourth-order valence-corrected chi connectivity index (χ4v) is 4.04. The zero-order valence-electron chi connectivity index (χ0n) is 14.5. The molecule has 0 atom stereocenters. The van der Waals surface area contributed by atoms with Crippen molar-refractivity contribution in [1.29, 1.82) is 0 Å². The van der Waals surface area contributed by atoms with Gasteiger partial charge in [-0.3, -0.25) is 4.90 Å². The molecule has 0 saturated carbocycles. The number of aromatic nitrogens is 2. The van der Waals surface area contributed by atoms with Crippen molar-refractivity contribution in [2.45, 2.75) is 24.8 Å². The Kier molecular flexibility index (Phi) is 5.29. The number of nitrogens with one attached hydrogen (secondary N) is 2. The third kappa shape index (κ3) is 4.33. The van der Waals surface area contributed by atoms with E-state index in [0.717, 1.165) is 5.52 Å². The number of hydrogen-bond donors (Lipinski definition) is 3. The summed E-state index contributed by atoms with van der Waals surface area (Å²) in [6, 6.07) is 8.64. The number of rotatable bonds is 4. The summed E-state index contributed by atoms with van der Waals surface area (Å²) in [5.41, 5.74) is 1.26. The number of H-pyrrole nitrogens is 1. The first kappa shape index (κ1) is 19.4. The van der Waals surface area contributed by atoms with Gasteiger partial charge in [-0.15, -0.1) is 0 Å². The Labute approximate surface area is 165 Å². The standard InChI is InChI=1S/C16H17N5O3S3/c1-9(2)21(13-8-7-12-14(20-13)26-16(25)19-12)15(22)18-10-3-5-11(6-4-10)27(17,23)24/h3-9H,1-2H3,(H,18,22)(H,19,25)(H2,17,23,24). The van der Waals surface area contributed by atoms with E-state index in [1.807, 2.05) is 19.9 Å². The number of amides is 2. The second kappa shape index (κ2) is 7.35. The van der Waals surface area contributed by atoms with Gasteiger partial charge in [0.25, 0.3) is 0 Å². The van der Waals surface area contributed by atoms with Gasteiger partial charge in [-0.05, 0) is 62.5 Å². The number of urea groups is 1. The lowest BCUT2D eigenvalue weighted by Gasteiger charge is -2.26. The quantitative estimate of drug-likeness (QED) is 0.555. The molecule has 11 heteroatoms. The molecule has 2 aromatic heterocycles. The lowest BCUT2D eigenvalue weighted by Crippen LogP contribution is -2.40. The van der Waals surface area contributed by atoms with Gasteiger partial charge >= 0.3 is 6.03 Å². The minimum absolute atomic E-state index is 0.0259. The number of fused-ring (bicyclic) bond motifs is 1. The highest BCUT2D eigenvalue weighted by molar-refractivity contribution is 7.89. The minimum atomic E-state index is -3.78. The predicted molar refractivity (Wildman–Crippen MR) is 109 cm³/mol. The van der Waals surface area contributed by atoms with Crippen LogP contribution in [0.2, 0.25) is 0 Å². The summed E-state index contributed by atoms with van der Waals surface area (Å²) < 4.78 is 23.3. The number of sulfonamides is 1. The number of pyridine rings is 1. The van der Waals surface area contributed by atoms with Gasteiger partial charge in [-0.2, -0.15) is 0 Å². The van der Waals surface area contributed by atoms with Crippen LogP contribution in [0.5, 0.6) is 0 Å². The van der Waals surface area contributed by atoms with Crippen molar-refractivity contribution in [2.24, 2.45) is 5.14 Å². The summed E-state index contributed by atoms with van der Waals surface area (Å²) in [4.78, 5) is 22.5. The number of carbonyl (C=O) groups excluding carboxylic acids is 1. The van der Waals surface area contributed by atoms with Crippen LogP contribution in [0.25, 0.3) is 10.3 Å². The van der Waals surface area contributed by atoms with Crippen LogP contribution in [0, 0.1) is 3.95 Å². The Morgan fingerprint density at radius 3 is 2.52 bits per heavy atom. The second-order valence-electron chi connectivity index (χ2n) is 6.00. The monoisotopic (exact) mass is 423 g/mol. The molecule has 0 spiro atoms. The van der Waals surface area contributed by atoms with Crippen molar-refractivity contribution in [1.82, 2.24) is 9.97 Å². The van der Waals surface area contributed by atoms with Crippen molar-refractivity contribution in [3.05, 3.63) is 40.4 Å². The molecule has 2 amide bonds. The van der Waals surface area contributed by atoms with E-state index in [2.05, 4.69) is 15.3 Å². The van der Waals surface area contributed by atoms with Crippen molar-refractivity contribution >= 4 is 61.5 Å². The van der Waals surface area contributed by atoms with Gasteiger partial charge in [0.05, 0.1) is 10.4 Å². The van der Waals surface area contributed by atoms with Crippen molar-refractivity contribution in [3.63, 3.8) is 0 Å². The van der Waals surface area contributed by atoms with E-state index in [1.165, 1.54) is 40.5 Å². The van der Waals surface area contributed by atoms with Crippen molar-refractivity contribution in [3.8, 4) is 0 Å². The number of thiazole rings is 1. The molecule has 3 aromatic rings. The average molecular weight is 424 g/mol. The molecule has 0 aliphatic heterocycles. The topological polar surface area (TPSA) is 121 Å². The number of primary sulfonamides is 1. The number of nitrogens with zero attached hydrogens (tertiary/aromatic N) is 2. The maximum Gasteiger partial charge on any atom is 0.327 e. The van der Waals surface area contributed by atoms with Crippen LogP contribution in [0.15, 0.2) is 41.3 Å². The lowest BCUT2D eigenvalue weighted by atomic mass is 10.3. The van der Waals surface area contributed by atoms with Crippen LogP contribution < -0.4 is 15.4 Å². The predicted octanol–water partition coefficient (Wildman–Crippen LogP) is 3.45. The Morgan fingerprint density at radius 1 is 1.26 bits per heavy atom. The van der Waals surface area contributed by atoms with Gasteiger partial charge in [-0.1, -0.05) is 11.3 Å². The lowest BCUT2D eigenvalue weighted by molar-refractivity contribution is 0.255. The van der Waals surface area contributed by atoms with Gasteiger partial charge in [0.15, 0.2) is 3.95 Å². The molecule has 0 saturated heterocycles. The van der Waals surface area contributed by atoms with Crippen molar-refractivity contribution < 1.29 is 13.2 Å². The summed E-state index contributed by atoms with van der Waals surface area (Å²) in [6.07, 6.45) is 0. The SMILES string of the molecule is CC(C)N(C(=O)Nc1ccc(S(N)(=O)=O)cc1)c1ccc2[nH]c(=S)sc2n1. The molecule has 0 aliphatic rings. The van der Waals surface area contributed by atoms with Gasteiger partial charge in [-0.25, -0.2) is 23.3 Å². The summed E-state index contributed by atoms with van der Waals surface area (Å²) >= 11 is 6.46. The van der Waals surface area contributed by atoms with Gasteiger partial charge in [0, 0.05) is 11.7 Å². The van der Waals surface area contributed by atoms with E-state index in [9.17, 15) is 13.2 Å². The summed E-state index contributed by atoms with van der Waals surface area (Å²) in [5.74, 6) is 0.487. The third-order valence-corrected chi connectivity index (χ3v) is 5.76. The van der Waals surface area contributed by atoms with Crippen LogP contribution in [-0.4, -0.2) is 30.5 Å². The van der Waals surface area contributed by atoms with E-state index < -0.39 is 10.0 Å². The fourth-order valence-electron chi connectivity index (χ4n) is 2.48. The number of benzene rings is 1. The van der Waals surface area contributed by atoms with Gasteiger partial charge in [0.2, 0.25) is 10.0 Å². The first-order chi connectivity index (χ1) is 12.6. The number of aromatic amines is 1. The van der Waals surface area contributed by atoms with Crippen LogP contribution in [0.3, 0.4) is 0 Å². The molecule has 0 aliphatic carbocycles. The van der Waals surface area contributed by atoms with Crippen LogP contribution in [-0.2, 0) is 10.0 Å². The normalized spacial score (nSPS) is 11.7. The molecule has 0 unspecified atom stereocenters. The van der Waals surface area contributed by atoms with Crippen molar-refractivity contribution in [2.75, 3.05) is 10.2 Å². The largest absolute Gasteiger partial charge is 0.336 e. The maximum atomic E-state index is 12.8. The molecule has 1 aromatic carbocycles. The molecule has 2 heterocycles. The molecule has 4 N–H and O–H groups in total. The zero-order valence-corrected chi connectivity index (χ0v) is 16.9. The number of carbonyl (C=O) groups is 1. The van der Waals surface area contributed by atoms with Crippen LogP contribution >= 0.6 is 23.6 Å². The smallest absolute Gasteiger partial charge is 0.327 e. The fraction of sp³-hybridized carbons (Fsp3) is 0.188. The molecule has 142 valence electrons. The number of hydrogen-bond acceptors (Lipinski definition) is 6. The molecule has 0 fully saturated rings. The Bertz CT molecular complexity index is 1150. The first-order valence-electron chi connectivity index (χ1n) is 7.88. The van der Waals surface area contributed by atoms with Crippen LogP contribution in [0.4, 0.5) is 16.3 Å². The maximum absolute atomic E-state index is 12.8. The average Bonchev–Trinajstić information content (AvgIpc) is 2.93. The summed E-state index contributed by atoms with van der Waals surface area (Å²) in [7, 11) is -3.78. The van der Waals surface area contributed by atoms with E-state index >= 15 is 0 Å². The molecule has 3 rings (SSSR count). The molecule has 8 nitrogen and oxygen atoms in total. The number of anilines is 2. The van der Waals surface area contributed by atoms with Crippen LogP contribution in [0.1, 0.15) is 13.8 Å². The molecular weight excluding hydrogens is 406 g/mol. The first-order valence-corrected chi connectivity index (χ1v) is 10.7. The van der Waals surface area contributed by atoms with Gasteiger partial charge in [0.1, 0.15) is 10.6 Å². The molecule has 0 radical (unpaired) electrons. The number of nitrogens with two attached hydrogens (primary N) is 1. The summed E-state index contributed by atoms with van der Waals surface area (Å²) in [6.45, 7) is 3.74. The highest BCUT2D eigenvalue weighted by Crippen LogP contribution is 2.24. The van der Waals surface area contributed by atoms with E-state index in [1.54, 1.807) is 6.07 Å². The molecular formula is C16H17N5O3S3. The van der Waals surface area contributed by atoms with E-state index in [-0.39, 0.29) is 17.0 Å². The highest BCUT2D eigenvalue weighted by atomic mass is 32.2. The second-order valence-corrected chi connectivity index (χ2v) is 9.23. The molecule has 0 bridgehead atoms. The van der Waals surface area contributed by atoms with E-state index in [4.69, 9.17) is 17.4 Å².